The molecule has 4 amide bonds. The van der Waals surface area contributed by atoms with E-state index in [0.29, 0.717) is 49.1 Å². The summed E-state index contributed by atoms with van der Waals surface area (Å²) in [5.41, 5.74) is 3.64. The lowest BCUT2D eigenvalue weighted by atomic mass is 10.0. The van der Waals surface area contributed by atoms with Crippen LogP contribution in [0.2, 0.25) is 0 Å². The van der Waals surface area contributed by atoms with Crippen LogP contribution in [0.5, 0.6) is 17.2 Å². The number of benzene rings is 3. The van der Waals surface area contributed by atoms with Gasteiger partial charge in [0.05, 0.1) is 18.9 Å². The van der Waals surface area contributed by atoms with Crippen LogP contribution in [0.4, 0.5) is 10.5 Å². The zero-order chi connectivity index (χ0) is 28.6. The summed E-state index contributed by atoms with van der Waals surface area (Å²) in [6.45, 7) is 10.6. The number of hydrogen-bond acceptors (Lipinski definition) is 6. The van der Waals surface area contributed by atoms with Gasteiger partial charge in [-0.1, -0.05) is 42.0 Å². The average Bonchev–Trinajstić information content (AvgIpc) is 2.93. The largest absolute Gasteiger partial charge is 0.494 e. The number of carbonyl (C=O) groups excluding carboxylic acids is 3. The number of nitrogens with one attached hydrogen (secondary N) is 1. The van der Waals surface area contributed by atoms with E-state index in [-0.39, 0.29) is 11.3 Å². The molecule has 3 aromatic rings. The molecule has 4 rings (SSSR count). The van der Waals surface area contributed by atoms with Gasteiger partial charge in [-0.2, -0.15) is 0 Å². The standard InChI is InChI=1S/C32H32N2O6/c1-5-8-24-17-23(13-15-28(24)40-20-22-11-9-21(4)10-12-22)18-26-30(35)33-32(37)34(31(26)36)27-19-25(38-6-2)14-16-29(27)39-7-3/h5,9-19H,1,6-8,20H2,2-4H3,(H,33,35,37)/b26-18+. The maximum absolute atomic E-state index is 13.6. The highest BCUT2D eigenvalue weighted by Crippen LogP contribution is 2.35. The summed E-state index contributed by atoms with van der Waals surface area (Å²) >= 11 is 0. The van der Waals surface area contributed by atoms with Gasteiger partial charge in [0.2, 0.25) is 0 Å². The highest BCUT2D eigenvalue weighted by atomic mass is 16.5. The highest BCUT2D eigenvalue weighted by Gasteiger charge is 2.38. The summed E-state index contributed by atoms with van der Waals surface area (Å²) in [7, 11) is 0. The SMILES string of the molecule is C=CCc1cc(/C=C2\C(=O)NC(=O)N(c3cc(OCC)ccc3OCC)C2=O)ccc1OCc1ccc(C)cc1. The Morgan fingerprint density at radius 1 is 0.875 bits per heavy atom. The summed E-state index contributed by atoms with van der Waals surface area (Å²) in [4.78, 5) is 40.1. The van der Waals surface area contributed by atoms with Crippen LogP contribution in [0.1, 0.15) is 36.1 Å². The molecule has 0 atom stereocenters. The van der Waals surface area contributed by atoms with E-state index < -0.39 is 17.8 Å². The molecule has 0 radical (unpaired) electrons. The molecule has 0 spiro atoms. The van der Waals surface area contributed by atoms with E-state index in [9.17, 15) is 14.4 Å². The molecule has 0 aromatic heterocycles. The number of aryl methyl sites for hydroxylation is 1. The van der Waals surface area contributed by atoms with Gasteiger partial charge < -0.3 is 14.2 Å². The van der Waals surface area contributed by atoms with Crippen LogP contribution in [0.25, 0.3) is 6.08 Å². The Morgan fingerprint density at radius 3 is 2.30 bits per heavy atom. The molecule has 0 saturated carbocycles. The molecule has 1 heterocycles. The second-order valence-corrected chi connectivity index (χ2v) is 9.09. The zero-order valence-electron chi connectivity index (χ0n) is 22.9. The fraction of sp³-hybridized carbons (Fsp3) is 0.219. The molecule has 0 aliphatic carbocycles. The molecule has 8 heteroatoms. The van der Waals surface area contributed by atoms with Crippen molar-refractivity contribution >= 4 is 29.6 Å². The molecule has 0 unspecified atom stereocenters. The molecular formula is C32H32N2O6. The Kier molecular flexibility index (Phi) is 9.01. The summed E-state index contributed by atoms with van der Waals surface area (Å²) in [5.74, 6) is -0.109. The Balaban J connectivity index is 1.65. The number of anilines is 1. The normalized spacial score (nSPS) is 14.2. The number of imide groups is 2. The number of urea groups is 1. The molecule has 1 fully saturated rings. The quantitative estimate of drug-likeness (QED) is 0.189. The van der Waals surface area contributed by atoms with Crippen molar-refractivity contribution in [2.45, 2.75) is 33.8 Å². The van der Waals surface area contributed by atoms with Crippen LogP contribution in [-0.4, -0.2) is 31.1 Å². The number of amides is 4. The van der Waals surface area contributed by atoms with E-state index in [1.807, 2.05) is 44.2 Å². The van der Waals surface area contributed by atoms with Gasteiger partial charge in [0.1, 0.15) is 29.4 Å². The molecule has 1 aliphatic rings. The number of allylic oxidation sites excluding steroid dienone is 1. The Bertz CT molecular complexity index is 1460. The van der Waals surface area contributed by atoms with Crippen LogP contribution in [0.3, 0.4) is 0 Å². The maximum atomic E-state index is 13.6. The summed E-state index contributed by atoms with van der Waals surface area (Å²) in [6, 6.07) is 17.5. The third-order valence-corrected chi connectivity index (χ3v) is 6.16. The molecule has 40 heavy (non-hydrogen) atoms. The van der Waals surface area contributed by atoms with Crippen LogP contribution >= 0.6 is 0 Å². The van der Waals surface area contributed by atoms with Gasteiger partial charge in [-0.3, -0.25) is 14.9 Å². The first-order chi connectivity index (χ1) is 19.3. The van der Waals surface area contributed by atoms with Gasteiger partial charge in [0.25, 0.3) is 11.8 Å². The summed E-state index contributed by atoms with van der Waals surface area (Å²) in [6.07, 6.45) is 3.73. The molecule has 3 aromatic carbocycles. The van der Waals surface area contributed by atoms with Crippen LogP contribution in [0.15, 0.2) is 78.9 Å². The molecule has 1 saturated heterocycles. The lowest BCUT2D eigenvalue weighted by Crippen LogP contribution is -2.54. The zero-order valence-corrected chi connectivity index (χ0v) is 22.9. The van der Waals surface area contributed by atoms with Crippen LogP contribution in [-0.2, 0) is 22.6 Å². The minimum absolute atomic E-state index is 0.181. The van der Waals surface area contributed by atoms with E-state index in [2.05, 4.69) is 11.9 Å². The average molecular weight is 541 g/mol. The number of ether oxygens (including phenoxy) is 3. The van der Waals surface area contributed by atoms with E-state index >= 15 is 0 Å². The Morgan fingerprint density at radius 2 is 1.60 bits per heavy atom. The van der Waals surface area contributed by atoms with E-state index in [1.165, 1.54) is 11.6 Å². The summed E-state index contributed by atoms with van der Waals surface area (Å²) in [5, 5.41) is 2.26. The second-order valence-electron chi connectivity index (χ2n) is 9.09. The van der Waals surface area contributed by atoms with Gasteiger partial charge in [-0.25, -0.2) is 9.69 Å². The van der Waals surface area contributed by atoms with Crippen molar-refractivity contribution in [2.75, 3.05) is 18.1 Å². The smallest absolute Gasteiger partial charge is 0.336 e. The molecular weight excluding hydrogens is 508 g/mol. The third kappa shape index (κ3) is 6.40. The third-order valence-electron chi connectivity index (χ3n) is 6.16. The number of rotatable bonds is 11. The number of nitrogens with zero attached hydrogens (tertiary/aromatic N) is 1. The fourth-order valence-electron chi connectivity index (χ4n) is 4.24. The van der Waals surface area contributed by atoms with Crippen molar-refractivity contribution in [3.05, 3.63) is 101 Å². The van der Waals surface area contributed by atoms with Crippen molar-refractivity contribution < 1.29 is 28.6 Å². The topological polar surface area (TPSA) is 94.2 Å². The van der Waals surface area contributed by atoms with Gasteiger partial charge in [-0.15, -0.1) is 6.58 Å². The van der Waals surface area contributed by atoms with Gasteiger partial charge in [-0.05, 0) is 74.2 Å². The first kappa shape index (κ1) is 28.2. The molecule has 206 valence electrons. The van der Waals surface area contributed by atoms with Crippen molar-refractivity contribution in [3.8, 4) is 17.2 Å². The first-order valence-electron chi connectivity index (χ1n) is 13.1. The number of barbiturate groups is 1. The lowest BCUT2D eigenvalue weighted by Gasteiger charge is -2.28. The second kappa shape index (κ2) is 12.8. The van der Waals surface area contributed by atoms with Crippen LogP contribution in [0, 0.1) is 6.92 Å². The van der Waals surface area contributed by atoms with Crippen LogP contribution < -0.4 is 24.4 Å². The minimum atomic E-state index is -0.867. The predicted octanol–water partition coefficient (Wildman–Crippen LogP) is 5.77. The molecule has 1 aliphatic heterocycles. The fourth-order valence-corrected chi connectivity index (χ4v) is 4.24. The monoisotopic (exact) mass is 540 g/mol. The Labute approximate surface area is 233 Å². The summed E-state index contributed by atoms with van der Waals surface area (Å²) < 4.78 is 17.3. The van der Waals surface area contributed by atoms with Crippen molar-refractivity contribution in [1.82, 2.24) is 5.32 Å². The van der Waals surface area contributed by atoms with Crippen molar-refractivity contribution in [3.63, 3.8) is 0 Å². The number of carbonyl (C=O) groups is 3. The van der Waals surface area contributed by atoms with Gasteiger partial charge in [0, 0.05) is 6.07 Å². The van der Waals surface area contributed by atoms with Crippen molar-refractivity contribution in [1.29, 1.82) is 0 Å². The minimum Gasteiger partial charge on any atom is -0.494 e. The van der Waals surface area contributed by atoms with Crippen molar-refractivity contribution in [2.24, 2.45) is 0 Å². The molecule has 8 nitrogen and oxygen atoms in total. The van der Waals surface area contributed by atoms with Gasteiger partial charge >= 0.3 is 6.03 Å². The number of hydrogen-bond donors (Lipinski definition) is 1. The van der Waals surface area contributed by atoms with E-state index in [4.69, 9.17) is 14.2 Å². The molecule has 0 bridgehead atoms. The predicted molar refractivity (Wildman–Crippen MR) is 154 cm³/mol. The van der Waals surface area contributed by atoms with E-state index in [1.54, 1.807) is 43.3 Å². The highest BCUT2D eigenvalue weighted by molar-refractivity contribution is 6.39. The molecule has 1 N–H and O–H groups in total. The Hall–Kier alpha value is -4.85. The lowest BCUT2D eigenvalue weighted by molar-refractivity contribution is -0.122. The van der Waals surface area contributed by atoms with Gasteiger partial charge in [0.15, 0.2) is 0 Å². The van der Waals surface area contributed by atoms with E-state index in [0.717, 1.165) is 16.0 Å². The first-order valence-corrected chi connectivity index (χ1v) is 13.1. The maximum Gasteiger partial charge on any atom is 0.336 e.